The van der Waals surface area contributed by atoms with E-state index in [4.69, 9.17) is 5.73 Å². The molecule has 3 heterocycles. The van der Waals surface area contributed by atoms with E-state index in [2.05, 4.69) is 27.5 Å². The fourth-order valence-electron chi connectivity index (χ4n) is 3.34. The highest BCUT2D eigenvalue weighted by atomic mass is 16.3. The van der Waals surface area contributed by atoms with E-state index in [9.17, 15) is 19.5 Å². The summed E-state index contributed by atoms with van der Waals surface area (Å²) in [5.41, 5.74) is 6.25. The molecule has 1 aromatic heterocycles. The average molecular weight is 391 g/mol. The van der Waals surface area contributed by atoms with Crippen LogP contribution in [0.4, 0.5) is 10.6 Å². The van der Waals surface area contributed by atoms with Crippen molar-refractivity contribution in [1.29, 1.82) is 0 Å². The Bertz CT molecular complexity index is 1130. The van der Waals surface area contributed by atoms with Crippen molar-refractivity contribution in [3.8, 4) is 17.6 Å². The summed E-state index contributed by atoms with van der Waals surface area (Å²) in [7, 11) is 0. The Kier molecular flexibility index (Phi) is 4.12. The molecule has 5 N–H and O–H groups in total. The number of aromatic hydroxyl groups is 1. The molecular formula is C20H17N5O4. The van der Waals surface area contributed by atoms with Gasteiger partial charge in [-0.05, 0) is 36.6 Å². The van der Waals surface area contributed by atoms with Crippen LogP contribution >= 0.6 is 0 Å². The van der Waals surface area contributed by atoms with Crippen LogP contribution < -0.4 is 16.4 Å². The maximum atomic E-state index is 12.8. The SMILES string of the molecule is Cc1ccc2c(c1)C(=O)N(C[C@@]1(C#Cc3nc(N)ccc3O)NC(=O)NC1=O)C2. The van der Waals surface area contributed by atoms with Crippen LogP contribution in [0.5, 0.6) is 5.75 Å². The first kappa shape index (κ1) is 18.3. The van der Waals surface area contributed by atoms with Crippen LogP contribution in [0.2, 0.25) is 0 Å². The summed E-state index contributed by atoms with van der Waals surface area (Å²) in [6, 6.07) is 7.58. The highest BCUT2D eigenvalue weighted by molar-refractivity contribution is 6.10. The van der Waals surface area contributed by atoms with Gasteiger partial charge in [0.15, 0.2) is 5.69 Å². The van der Waals surface area contributed by atoms with Crippen LogP contribution in [0.25, 0.3) is 0 Å². The summed E-state index contributed by atoms with van der Waals surface area (Å²) in [5, 5.41) is 14.6. The van der Waals surface area contributed by atoms with Gasteiger partial charge in [-0.25, -0.2) is 9.78 Å². The highest BCUT2D eigenvalue weighted by Crippen LogP contribution is 2.26. The number of nitrogens with two attached hydrogens (primary N) is 1. The number of anilines is 1. The molecule has 2 aromatic rings. The van der Waals surface area contributed by atoms with Crippen molar-refractivity contribution in [2.45, 2.75) is 19.0 Å². The lowest BCUT2D eigenvalue weighted by Crippen LogP contribution is -2.54. The van der Waals surface area contributed by atoms with E-state index >= 15 is 0 Å². The third-order valence-electron chi connectivity index (χ3n) is 4.80. The van der Waals surface area contributed by atoms with E-state index in [0.717, 1.165) is 11.1 Å². The van der Waals surface area contributed by atoms with Crippen LogP contribution in [0.1, 0.15) is 27.2 Å². The number of benzene rings is 1. The maximum Gasteiger partial charge on any atom is 0.323 e. The smallest absolute Gasteiger partial charge is 0.323 e. The van der Waals surface area contributed by atoms with Crippen LogP contribution in [0.3, 0.4) is 0 Å². The predicted molar refractivity (Wildman–Crippen MR) is 103 cm³/mol. The van der Waals surface area contributed by atoms with Crippen molar-refractivity contribution in [2.24, 2.45) is 0 Å². The van der Waals surface area contributed by atoms with Gasteiger partial charge in [0, 0.05) is 12.1 Å². The number of carbonyl (C=O) groups is 3. The molecule has 9 heteroatoms. The van der Waals surface area contributed by atoms with Gasteiger partial charge in [-0.2, -0.15) is 0 Å². The monoisotopic (exact) mass is 391 g/mol. The summed E-state index contributed by atoms with van der Waals surface area (Å²) in [6.45, 7) is 2.02. The van der Waals surface area contributed by atoms with Gasteiger partial charge in [-0.15, -0.1) is 0 Å². The lowest BCUT2D eigenvalue weighted by Gasteiger charge is -2.26. The number of amides is 4. The minimum atomic E-state index is -1.68. The number of rotatable bonds is 2. The second kappa shape index (κ2) is 6.53. The molecule has 0 saturated carbocycles. The molecule has 1 saturated heterocycles. The Morgan fingerprint density at radius 1 is 1.28 bits per heavy atom. The molecule has 0 radical (unpaired) electrons. The molecule has 0 unspecified atom stereocenters. The van der Waals surface area contributed by atoms with E-state index in [1.165, 1.54) is 17.0 Å². The summed E-state index contributed by atoms with van der Waals surface area (Å²) in [6.07, 6.45) is 0. The number of hydrogen-bond acceptors (Lipinski definition) is 6. The minimum Gasteiger partial charge on any atom is -0.505 e. The van der Waals surface area contributed by atoms with Crippen LogP contribution in [0, 0.1) is 18.8 Å². The zero-order valence-corrected chi connectivity index (χ0v) is 15.4. The Hall–Kier alpha value is -4.06. The van der Waals surface area contributed by atoms with Gasteiger partial charge < -0.3 is 21.1 Å². The topological polar surface area (TPSA) is 138 Å². The molecule has 0 aliphatic carbocycles. The third kappa shape index (κ3) is 3.21. The van der Waals surface area contributed by atoms with E-state index in [1.54, 1.807) is 6.07 Å². The number of aryl methyl sites for hydroxylation is 1. The normalized spacial score (nSPS) is 20.0. The second-order valence-corrected chi connectivity index (χ2v) is 6.99. The molecule has 0 spiro atoms. The molecule has 146 valence electrons. The van der Waals surface area contributed by atoms with Gasteiger partial charge in [0.25, 0.3) is 11.8 Å². The number of pyridine rings is 1. The summed E-state index contributed by atoms with van der Waals surface area (Å²) in [5.74, 6) is 4.28. The van der Waals surface area contributed by atoms with Gasteiger partial charge in [0.05, 0.1) is 6.54 Å². The lowest BCUT2D eigenvalue weighted by molar-refractivity contribution is -0.122. The van der Waals surface area contributed by atoms with Crippen molar-refractivity contribution in [1.82, 2.24) is 20.5 Å². The lowest BCUT2D eigenvalue weighted by atomic mass is 9.99. The first-order valence-electron chi connectivity index (χ1n) is 8.78. The number of imide groups is 1. The van der Waals surface area contributed by atoms with Crippen LogP contribution in [0.15, 0.2) is 30.3 Å². The minimum absolute atomic E-state index is 0.0371. The van der Waals surface area contributed by atoms with Crippen molar-refractivity contribution < 1.29 is 19.5 Å². The average Bonchev–Trinajstić information content (AvgIpc) is 3.12. The second-order valence-electron chi connectivity index (χ2n) is 6.99. The van der Waals surface area contributed by atoms with E-state index in [1.807, 2.05) is 19.1 Å². The zero-order chi connectivity index (χ0) is 20.8. The Morgan fingerprint density at radius 2 is 2.07 bits per heavy atom. The van der Waals surface area contributed by atoms with E-state index in [-0.39, 0.29) is 29.7 Å². The first-order chi connectivity index (χ1) is 13.8. The van der Waals surface area contributed by atoms with Crippen LogP contribution in [-0.2, 0) is 11.3 Å². The standard InChI is InChI=1S/C20H17N5O4/c1-11-2-3-12-9-25(17(27)13(12)8-11)10-20(18(28)23-19(29)24-20)7-6-14-15(26)4-5-16(21)22-14/h2-5,8,26H,9-10H2,1H3,(H2,21,22)(H2,23,24,28,29)/t20-/m1/s1. The molecule has 1 fully saturated rings. The fourth-order valence-corrected chi connectivity index (χ4v) is 3.34. The molecule has 4 rings (SSSR count). The van der Waals surface area contributed by atoms with Gasteiger partial charge in [-0.3, -0.25) is 14.9 Å². The molecule has 1 atom stereocenters. The predicted octanol–water partition coefficient (Wildman–Crippen LogP) is 0.264. The Balaban J connectivity index is 1.69. The van der Waals surface area contributed by atoms with Gasteiger partial charge in [0.1, 0.15) is 11.6 Å². The molecule has 29 heavy (non-hydrogen) atoms. The number of carbonyl (C=O) groups excluding carboxylic acids is 3. The number of aromatic nitrogens is 1. The molecule has 1 aromatic carbocycles. The number of urea groups is 1. The highest BCUT2D eigenvalue weighted by Gasteiger charge is 2.48. The van der Waals surface area contributed by atoms with Crippen molar-refractivity contribution in [2.75, 3.05) is 12.3 Å². The quantitative estimate of drug-likeness (QED) is 0.428. The third-order valence-corrected chi connectivity index (χ3v) is 4.80. The number of fused-ring (bicyclic) bond motifs is 1. The van der Waals surface area contributed by atoms with Crippen molar-refractivity contribution in [3.63, 3.8) is 0 Å². The molecule has 2 aliphatic heterocycles. The first-order valence-corrected chi connectivity index (χ1v) is 8.78. The Labute approximate surface area is 165 Å². The molecular weight excluding hydrogens is 374 g/mol. The van der Waals surface area contributed by atoms with Gasteiger partial charge >= 0.3 is 6.03 Å². The number of hydrogen-bond donors (Lipinski definition) is 4. The van der Waals surface area contributed by atoms with Gasteiger partial charge in [0.2, 0.25) is 5.54 Å². The number of nitrogens with one attached hydrogen (secondary N) is 2. The molecule has 2 aliphatic rings. The zero-order valence-electron chi connectivity index (χ0n) is 15.4. The summed E-state index contributed by atoms with van der Waals surface area (Å²) in [4.78, 5) is 42.6. The van der Waals surface area contributed by atoms with Crippen LogP contribution in [-0.4, -0.2) is 44.9 Å². The molecule has 0 bridgehead atoms. The largest absolute Gasteiger partial charge is 0.505 e. The van der Waals surface area contributed by atoms with Crippen molar-refractivity contribution in [3.05, 3.63) is 52.7 Å². The summed E-state index contributed by atoms with van der Waals surface area (Å²) < 4.78 is 0. The Morgan fingerprint density at radius 3 is 2.79 bits per heavy atom. The molecule has 9 nitrogen and oxygen atoms in total. The fraction of sp³-hybridized carbons (Fsp3) is 0.200. The van der Waals surface area contributed by atoms with E-state index < -0.39 is 17.5 Å². The number of nitrogen functional groups attached to an aromatic ring is 1. The van der Waals surface area contributed by atoms with Crippen molar-refractivity contribution >= 4 is 23.7 Å². The molecule has 4 amide bonds. The maximum absolute atomic E-state index is 12.8. The van der Waals surface area contributed by atoms with E-state index in [0.29, 0.717) is 12.1 Å². The number of nitrogens with zero attached hydrogens (tertiary/aromatic N) is 2. The van der Waals surface area contributed by atoms with Gasteiger partial charge in [-0.1, -0.05) is 23.6 Å². The summed E-state index contributed by atoms with van der Waals surface area (Å²) >= 11 is 0.